The van der Waals surface area contributed by atoms with Crippen molar-refractivity contribution in [2.24, 2.45) is 11.3 Å². The van der Waals surface area contributed by atoms with Gasteiger partial charge in [0.2, 0.25) is 5.95 Å². The molecule has 1 fully saturated rings. The molecule has 7 heteroatoms. The summed E-state index contributed by atoms with van der Waals surface area (Å²) in [5.74, 6) is 1.06. The normalized spacial score (nSPS) is 21.5. The van der Waals surface area contributed by atoms with Crippen molar-refractivity contribution in [3.8, 4) is 5.75 Å². The van der Waals surface area contributed by atoms with E-state index in [1.54, 1.807) is 12.1 Å². The number of benzene rings is 2. The molecule has 2 atom stereocenters. The van der Waals surface area contributed by atoms with Gasteiger partial charge in [0.15, 0.2) is 0 Å². The number of hydrogen-bond acceptors (Lipinski definition) is 3. The van der Waals surface area contributed by atoms with Crippen molar-refractivity contribution in [2.75, 3.05) is 5.32 Å². The van der Waals surface area contributed by atoms with Crippen LogP contribution in [-0.2, 0) is 0 Å². The van der Waals surface area contributed by atoms with Gasteiger partial charge in [0, 0.05) is 11.7 Å². The van der Waals surface area contributed by atoms with Gasteiger partial charge >= 0.3 is 6.36 Å². The van der Waals surface area contributed by atoms with Crippen molar-refractivity contribution in [2.45, 2.75) is 52.4 Å². The summed E-state index contributed by atoms with van der Waals surface area (Å²) in [6.45, 7) is 6.90. The van der Waals surface area contributed by atoms with Gasteiger partial charge in [0.05, 0.1) is 11.0 Å². The number of imidazole rings is 1. The molecule has 1 heterocycles. The van der Waals surface area contributed by atoms with Crippen molar-refractivity contribution < 1.29 is 17.9 Å². The fourth-order valence-corrected chi connectivity index (χ4v) is 4.86. The maximum Gasteiger partial charge on any atom is 0.573 e. The van der Waals surface area contributed by atoms with E-state index in [9.17, 15) is 13.2 Å². The molecule has 0 spiro atoms. The second kappa shape index (κ2) is 7.52. The molecule has 30 heavy (non-hydrogen) atoms. The Morgan fingerprint density at radius 3 is 2.43 bits per heavy atom. The number of para-hydroxylation sites is 2. The molecule has 1 saturated carbocycles. The first-order valence-electron chi connectivity index (χ1n) is 10.2. The average Bonchev–Trinajstić information content (AvgIpc) is 2.98. The Hall–Kier alpha value is -2.70. The van der Waals surface area contributed by atoms with E-state index >= 15 is 0 Å². The van der Waals surface area contributed by atoms with E-state index in [-0.39, 0.29) is 11.2 Å². The number of aromatic nitrogens is 2. The van der Waals surface area contributed by atoms with E-state index in [1.165, 1.54) is 18.6 Å². The van der Waals surface area contributed by atoms with E-state index in [1.807, 2.05) is 18.2 Å². The molecular weight excluding hydrogens is 391 g/mol. The van der Waals surface area contributed by atoms with E-state index < -0.39 is 6.36 Å². The Labute approximate surface area is 174 Å². The van der Waals surface area contributed by atoms with E-state index in [4.69, 9.17) is 4.98 Å². The number of rotatable bonds is 4. The molecule has 2 aromatic carbocycles. The fourth-order valence-electron chi connectivity index (χ4n) is 4.86. The van der Waals surface area contributed by atoms with Crippen LogP contribution in [0.5, 0.6) is 5.75 Å². The molecule has 3 aromatic rings. The maximum absolute atomic E-state index is 12.4. The highest BCUT2D eigenvalue weighted by Crippen LogP contribution is 2.46. The fraction of sp³-hybridized carbons (Fsp3) is 0.435. The highest BCUT2D eigenvalue weighted by atomic mass is 19.4. The third-order valence-corrected chi connectivity index (χ3v) is 5.67. The quantitative estimate of drug-likeness (QED) is 0.494. The largest absolute Gasteiger partial charge is 0.573 e. The van der Waals surface area contributed by atoms with E-state index in [2.05, 4.69) is 41.5 Å². The van der Waals surface area contributed by atoms with Crippen molar-refractivity contribution in [3.63, 3.8) is 0 Å². The zero-order valence-corrected chi connectivity index (χ0v) is 17.3. The minimum Gasteiger partial charge on any atom is -0.406 e. The molecule has 0 aliphatic heterocycles. The minimum absolute atomic E-state index is 0.238. The number of ether oxygens (including phenoxy) is 1. The monoisotopic (exact) mass is 417 g/mol. The number of nitrogens with zero attached hydrogens (tertiary/aromatic N) is 2. The summed E-state index contributed by atoms with van der Waals surface area (Å²) in [6.07, 6.45) is -1.39. The van der Waals surface area contributed by atoms with Crippen molar-refractivity contribution in [3.05, 3.63) is 48.5 Å². The average molecular weight is 417 g/mol. The number of hydrogen-bond donors (Lipinski definition) is 1. The first-order valence-corrected chi connectivity index (χ1v) is 10.2. The lowest BCUT2D eigenvalue weighted by Crippen LogP contribution is -2.29. The van der Waals surface area contributed by atoms with Gasteiger partial charge in [0.1, 0.15) is 5.75 Å². The van der Waals surface area contributed by atoms with Gasteiger partial charge in [-0.2, -0.15) is 0 Å². The van der Waals surface area contributed by atoms with Crippen molar-refractivity contribution in [1.82, 2.24) is 9.55 Å². The SMILES string of the molecule is C[C@@H]1CC(n2c(Nc3ccc(OC(F)(F)F)cc3)nc3ccccc32)CC(C)(C)C1. The molecular formula is C23H26F3N3O. The predicted molar refractivity (Wildman–Crippen MR) is 112 cm³/mol. The van der Waals surface area contributed by atoms with Crippen LogP contribution >= 0.6 is 0 Å². The third kappa shape index (κ3) is 4.55. The Kier molecular flexibility index (Phi) is 5.16. The minimum atomic E-state index is -4.70. The summed E-state index contributed by atoms with van der Waals surface area (Å²) in [6, 6.07) is 14.0. The van der Waals surface area contributed by atoms with Gasteiger partial charge in [-0.05, 0) is 67.0 Å². The first-order chi connectivity index (χ1) is 14.1. The van der Waals surface area contributed by atoms with Crippen LogP contribution in [0.4, 0.5) is 24.8 Å². The number of alkyl halides is 3. The maximum atomic E-state index is 12.4. The molecule has 0 radical (unpaired) electrons. The Morgan fingerprint density at radius 1 is 1.07 bits per heavy atom. The van der Waals surface area contributed by atoms with E-state index in [0.29, 0.717) is 23.6 Å². The zero-order chi connectivity index (χ0) is 21.5. The molecule has 1 aliphatic carbocycles. The van der Waals surface area contributed by atoms with Gasteiger partial charge in [-0.15, -0.1) is 13.2 Å². The molecule has 0 amide bonds. The Balaban J connectivity index is 1.67. The molecule has 1 unspecified atom stereocenters. The summed E-state index contributed by atoms with van der Waals surface area (Å²) in [5.41, 5.74) is 2.85. The summed E-state index contributed by atoms with van der Waals surface area (Å²) in [7, 11) is 0. The van der Waals surface area contributed by atoms with Crippen LogP contribution in [0.2, 0.25) is 0 Å². The summed E-state index contributed by atoms with van der Waals surface area (Å²) in [4.78, 5) is 4.78. The van der Waals surface area contributed by atoms with Crippen LogP contribution < -0.4 is 10.1 Å². The second-order valence-corrected chi connectivity index (χ2v) is 9.06. The van der Waals surface area contributed by atoms with Crippen LogP contribution in [0.3, 0.4) is 0 Å². The predicted octanol–water partition coefficient (Wildman–Crippen LogP) is 7.07. The van der Waals surface area contributed by atoms with Crippen molar-refractivity contribution >= 4 is 22.7 Å². The van der Waals surface area contributed by atoms with Crippen molar-refractivity contribution in [1.29, 1.82) is 0 Å². The molecule has 4 rings (SSSR count). The molecule has 0 saturated heterocycles. The smallest absolute Gasteiger partial charge is 0.406 e. The second-order valence-electron chi connectivity index (χ2n) is 9.06. The summed E-state index contributed by atoms with van der Waals surface area (Å²) in [5, 5.41) is 3.31. The van der Waals surface area contributed by atoms with Crippen LogP contribution in [-0.4, -0.2) is 15.9 Å². The molecule has 160 valence electrons. The standard InChI is InChI=1S/C23H26F3N3O/c1-15-12-17(14-22(2,3)13-15)29-20-7-5-4-6-19(20)28-21(29)27-16-8-10-18(11-9-16)30-23(24,25)26/h4-11,15,17H,12-14H2,1-3H3,(H,27,28)/t15-,17?/m1/s1. The lowest BCUT2D eigenvalue weighted by Gasteiger charge is -2.40. The molecule has 4 nitrogen and oxygen atoms in total. The molecule has 1 aromatic heterocycles. The Bertz CT molecular complexity index is 1020. The Morgan fingerprint density at radius 2 is 1.77 bits per heavy atom. The van der Waals surface area contributed by atoms with Gasteiger partial charge in [-0.1, -0.05) is 32.9 Å². The number of fused-ring (bicyclic) bond motifs is 1. The lowest BCUT2D eigenvalue weighted by molar-refractivity contribution is -0.274. The van der Waals surface area contributed by atoms with Crippen LogP contribution in [0, 0.1) is 11.3 Å². The van der Waals surface area contributed by atoms with Gasteiger partial charge in [-0.3, -0.25) is 0 Å². The number of anilines is 2. The summed E-state index contributed by atoms with van der Waals surface area (Å²) < 4.78 is 43.4. The van der Waals surface area contributed by atoms with Gasteiger partial charge in [-0.25, -0.2) is 4.98 Å². The van der Waals surface area contributed by atoms with Crippen LogP contribution in [0.15, 0.2) is 48.5 Å². The third-order valence-electron chi connectivity index (χ3n) is 5.67. The van der Waals surface area contributed by atoms with E-state index in [0.717, 1.165) is 23.9 Å². The molecule has 1 aliphatic rings. The number of halogens is 3. The van der Waals surface area contributed by atoms with Gasteiger partial charge < -0.3 is 14.6 Å². The topological polar surface area (TPSA) is 39.1 Å². The molecule has 0 bridgehead atoms. The first kappa shape index (κ1) is 20.6. The summed E-state index contributed by atoms with van der Waals surface area (Å²) >= 11 is 0. The highest BCUT2D eigenvalue weighted by Gasteiger charge is 2.34. The lowest BCUT2D eigenvalue weighted by atomic mass is 9.70. The highest BCUT2D eigenvalue weighted by molar-refractivity contribution is 5.80. The van der Waals surface area contributed by atoms with Gasteiger partial charge in [0.25, 0.3) is 0 Å². The zero-order valence-electron chi connectivity index (χ0n) is 17.3. The number of nitrogens with one attached hydrogen (secondary N) is 1. The van der Waals surface area contributed by atoms with Crippen LogP contribution in [0.25, 0.3) is 11.0 Å². The molecule has 1 N–H and O–H groups in total. The van der Waals surface area contributed by atoms with Crippen LogP contribution in [0.1, 0.15) is 46.1 Å².